The van der Waals surface area contributed by atoms with Gasteiger partial charge in [0.2, 0.25) is 0 Å². The number of para-hydroxylation sites is 1. The molecular formula is C18H18N2O5S. The number of aryl methyl sites for hydroxylation is 3. The first-order valence-electron chi connectivity index (χ1n) is 8.01. The van der Waals surface area contributed by atoms with Gasteiger partial charge in [-0.2, -0.15) is 0 Å². The molecular weight excluding hydrogens is 356 g/mol. The van der Waals surface area contributed by atoms with E-state index in [1.807, 2.05) is 6.07 Å². The molecule has 8 heteroatoms. The molecule has 0 spiro atoms. The van der Waals surface area contributed by atoms with E-state index in [1.54, 1.807) is 32.9 Å². The molecule has 0 saturated heterocycles. The summed E-state index contributed by atoms with van der Waals surface area (Å²) in [6.45, 7) is 5.64. The number of nitrogens with one attached hydrogen (secondary N) is 1. The minimum absolute atomic E-state index is 0.0378. The molecule has 0 saturated carbocycles. The third-order valence-electron chi connectivity index (χ3n) is 4.22. The lowest BCUT2D eigenvalue weighted by molar-refractivity contribution is 0.421. The van der Waals surface area contributed by atoms with Gasteiger partial charge in [0.25, 0.3) is 10.0 Å². The number of hydrogen-bond acceptors (Lipinski definition) is 5. The summed E-state index contributed by atoms with van der Waals surface area (Å²) in [5.41, 5.74) is 1.54. The first kappa shape index (κ1) is 17.9. The summed E-state index contributed by atoms with van der Waals surface area (Å²) in [5.74, 6) is -0.769. The Morgan fingerprint density at radius 3 is 2.35 bits per heavy atom. The highest BCUT2D eigenvalue weighted by molar-refractivity contribution is 7.92. The largest absolute Gasteiger partial charge is 0.422 e. The van der Waals surface area contributed by atoms with Crippen molar-refractivity contribution in [2.45, 2.75) is 32.2 Å². The maximum atomic E-state index is 12.8. The van der Waals surface area contributed by atoms with E-state index in [2.05, 4.69) is 9.14 Å². The van der Waals surface area contributed by atoms with Gasteiger partial charge >= 0.3 is 11.4 Å². The van der Waals surface area contributed by atoms with Gasteiger partial charge in [-0.15, -0.1) is 0 Å². The zero-order valence-corrected chi connectivity index (χ0v) is 15.4. The van der Waals surface area contributed by atoms with Crippen LogP contribution in [0.5, 0.6) is 0 Å². The summed E-state index contributed by atoms with van der Waals surface area (Å²) in [6, 6.07) is 9.48. The van der Waals surface area contributed by atoms with Crippen LogP contribution in [0, 0.1) is 13.8 Å². The van der Waals surface area contributed by atoms with Crippen LogP contribution in [0.2, 0.25) is 0 Å². The Balaban J connectivity index is 2.16. The molecule has 0 fully saturated rings. The second kappa shape index (κ2) is 6.45. The lowest BCUT2D eigenvalue weighted by Crippen LogP contribution is -2.24. The molecule has 136 valence electrons. The Morgan fingerprint density at radius 1 is 1.08 bits per heavy atom. The highest BCUT2D eigenvalue weighted by atomic mass is 32.2. The molecule has 1 N–H and O–H groups in total. The van der Waals surface area contributed by atoms with Crippen molar-refractivity contribution < 1.29 is 12.8 Å². The van der Waals surface area contributed by atoms with Gasteiger partial charge in [-0.1, -0.05) is 18.2 Å². The Morgan fingerprint density at radius 2 is 1.73 bits per heavy atom. The summed E-state index contributed by atoms with van der Waals surface area (Å²) in [5, 5.41) is 0.0378. The molecule has 0 radical (unpaired) electrons. The van der Waals surface area contributed by atoms with Crippen LogP contribution in [0.15, 0.2) is 55.3 Å². The van der Waals surface area contributed by atoms with E-state index in [9.17, 15) is 18.0 Å². The first-order chi connectivity index (χ1) is 12.2. The quantitative estimate of drug-likeness (QED) is 0.756. The Bertz CT molecular complexity index is 1200. The lowest BCUT2D eigenvalue weighted by atomic mass is 10.1. The van der Waals surface area contributed by atoms with Crippen LogP contribution in [0.25, 0.3) is 10.9 Å². The number of anilines is 1. The average molecular weight is 374 g/mol. The maximum absolute atomic E-state index is 12.8. The molecule has 0 aliphatic rings. The second-order valence-electron chi connectivity index (χ2n) is 5.95. The molecule has 1 heterocycles. The fourth-order valence-corrected chi connectivity index (χ4v) is 4.07. The minimum atomic E-state index is -3.91. The van der Waals surface area contributed by atoms with E-state index in [4.69, 9.17) is 0 Å². The predicted molar refractivity (Wildman–Crippen MR) is 99.1 cm³/mol. The Labute approximate surface area is 149 Å². The molecule has 3 aromatic rings. The Hall–Kier alpha value is -2.87. The molecule has 0 aliphatic heterocycles. The SMILES string of the molecule is CCn1c(=O)oc(=O)c2cc(S(=O)(=O)Nc3c(C)cccc3C)ccc21. The van der Waals surface area contributed by atoms with Crippen molar-refractivity contribution in [1.29, 1.82) is 0 Å². The second-order valence-corrected chi connectivity index (χ2v) is 7.63. The van der Waals surface area contributed by atoms with E-state index in [1.165, 1.54) is 22.8 Å². The molecule has 2 aromatic carbocycles. The molecule has 1 aromatic heterocycles. The maximum Gasteiger partial charge on any atom is 0.422 e. The first-order valence-corrected chi connectivity index (χ1v) is 9.49. The third-order valence-corrected chi connectivity index (χ3v) is 5.57. The van der Waals surface area contributed by atoms with Crippen LogP contribution in [0.4, 0.5) is 5.69 Å². The van der Waals surface area contributed by atoms with E-state index >= 15 is 0 Å². The van der Waals surface area contributed by atoms with Crippen molar-refractivity contribution >= 4 is 26.6 Å². The number of benzene rings is 2. The Kier molecular flexibility index (Phi) is 4.45. The lowest BCUT2D eigenvalue weighted by Gasteiger charge is -2.14. The summed E-state index contributed by atoms with van der Waals surface area (Å²) in [7, 11) is -3.91. The number of sulfonamides is 1. The number of rotatable bonds is 4. The van der Waals surface area contributed by atoms with Crippen molar-refractivity contribution in [3.8, 4) is 0 Å². The molecule has 7 nitrogen and oxygen atoms in total. The molecule has 0 bridgehead atoms. The monoisotopic (exact) mass is 374 g/mol. The molecule has 0 unspecified atom stereocenters. The zero-order chi connectivity index (χ0) is 19.1. The summed E-state index contributed by atoms with van der Waals surface area (Å²) < 4.78 is 34.0. The third kappa shape index (κ3) is 3.03. The van der Waals surface area contributed by atoms with Gasteiger partial charge < -0.3 is 4.42 Å². The van der Waals surface area contributed by atoms with Crippen molar-refractivity contribution in [2.75, 3.05) is 4.72 Å². The fraction of sp³-hybridized carbons (Fsp3) is 0.222. The highest BCUT2D eigenvalue weighted by Gasteiger charge is 2.19. The van der Waals surface area contributed by atoms with Crippen molar-refractivity contribution in [3.63, 3.8) is 0 Å². The average Bonchev–Trinajstić information content (AvgIpc) is 2.58. The van der Waals surface area contributed by atoms with E-state index in [0.717, 1.165) is 11.1 Å². The van der Waals surface area contributed by atoms with Gasteiger partial charge in [-0.05, 0) is 50.1 Å². The van der Waals surface area contributed by atoms with E-state index < -0.39 is 21.4 Å². The normalized spacial score (nSPS) is 11.7. The van der Waals surface area contributed by atoms with Crippen LogP contribution < -0.4 is 16.1 Å². The van der Waals surface area contributed by atoms with Crippen molar-refractivity contribution in [3.05, 3.63) is 68.5 Å². The summed E-state index contributed by atoms with van der Waals surface area (Å²) >= 11 is 0. The molecule has 0 atom stereocenters. The predicted octanol–water partition coefficient (Wildman–Crippen LogP) is 2.39. The number of fused-ring (bicyclic) bond motifs is 1. The topological polar surface area (TPSA) is 98.4 Å². The van der Waals surface area contributed by atoms with Gasteiger partial charge in [-0.3, -0.25) is 9.29 Å². The van der Waals surface area contributed by atoms with Gasteiger partial charge in [0.1, 0.15) is 0 Å². The van der Waals surface area contributed by atoms with Gasteiger partial charge in [0.15, 0.2) is 0 Å². The smallest absolute Gasteiger partial charge is 0.372 e. The standard InChI is InChI=1S/C18H18N2O5S/c1-4-20-15-9-8-13(10-14(15)17(21)25-18(20)22)26(23,24)19-16-11(2)6-5-7-12(16)3/h5-10,19H,4H2,1-3H3. The van der Waals surface area contributed by atoms with Gasteiger partial charge in [-0.25, -0.2) is 18.0 Å². The summed E-state index contributed by atoms with van der Waals surface area (Å²) in [6.07, 6.45) is 0. The number of aromatic nitrogens is 1. The van der Waals surface area contributed by atoms with Crippen molar-refractivity contribution in [1.82, 2.24) is 4.57 Å². The van der Waals surface area contributed by atoms with Crippen LogP contribution in [-0.4, -0.2) is 13.0 Å². The molecule has 26 heavy (non-hydrogen) atoms. The number of nitrogens with zero attached hydrogens (tertiary/aromatic N) is 1. The van der Waals surface area contributed by atoms with Crippen LogP contribution >= 0.6 is 0 Å². The van der Waals surface area contributed by atoms with Crippen molar-refractivity contribution in [2.24, 2.45) is 0 Å². The number of hydrogen-bond donors (Lipinski definition) is 1. The van der Waals surface area contributed by atoms with Gasteiger partial charge in [0.05, 0.1) is 21.5 Å². The van der Waals surface area contributed by atoms with E-state index in [0.29, 0.717) is 17.7 Å². The van der Waals surface area contributed by atoms with Crippen LogP contribution in [-0.2, 0) is 16.6 Å². The highest BCUT2D eigenvalue weighted by Crippen LogP contribution is 2.24. The summed E-state index contributed by atoms with van der Waals surface area (Å²) in [4.78, 5) is 23.7. The van der Waals surface area contributed by atoms with Crippen LogP contribution in [0.3, 0.4) is 0 Å². The van der Waals surface area contributed by atoms with Gasteiger partial charge in [0, 0.05) is 6.54 Å². The zero-order valence-electron chi connectivity index (χ0n) is 14.6. The van der Waals surface area contributed by atoms with E-state index in [-0.39, 0.29) is 10.3 Å². The van der Waals surface area contributed by atoms with Crippen LogP contribution in [0.1, 0.15) is 18.1 Å². The molecule has 0 amide bonds. The minimum Gasteiger partial charge on any atom is -0.372 e. The molecule has 3 rings (SSSR count). The fourth-order valence-electron chi connectivity index (χ4n) is 2.84. The molecule has 0 aliphatic carbocycles.